The van der Waals surface area contributed by atoms with Crippen LogP contribution in [0.15, 0.2) is 12.1 Å². The van der Waals surface area contributed by atoms with E-state index in [0.29, 0.717) is 33.8 Å². The molecular weight excluding hydrogens is 311 g/mol. The summed E-state index contributed by atoms with van der Waals surface area (Å²) in [6.07, 6.45) is 2.36. The number of hydrogen-bond donors (Lipinski definition) is 1. The molecule has 0 aromatic heterocycles. The van der Waals surface area contributed by atoms with E-state index in [9.17, 15) is 9.59 Å². The van der Waals surface area contributed by atoms with Crippen LogP contribution in [0.1, 0.15) is 40.5 Å². The second-order valence-electron chi connectivity index (χ2n) is 5.96. The highest BCUT2D eigenvalue weighted by molar-refractivity contribution is 6.43. The van der Waals surface area contributed by atoms with Gasteiger partial charge in [-0.3, -0.25) is 9.59 Å². The van der Waals surface area contributed by atoms with Crippen molar-refractivity contribution in [1.29, 1.82) is 0 Å². The van der Waals surface area contributed by atoms with Crippen LogP contribution in [0.3, 0.4) is 0 Å². The van der Waals surface area contributed by atoms with Crippen molar-refractivity contribution in [2.24, 2.45) is 5.92 Å². The van der Waals surface area contributed by atoms with Gasteiger partial charge in [-0.15, -0.1) is 0 Å². The molecule has 2 heterocycles. The average molecular weight is 328 g/mol. The number of likely N-dealkylation sites (tertiary alicyclic amines) is 1. The van der Waals surface area contributed by atoms with Gasteiger partial charge in [-0.2, -0.15) is 0 Å². The van der Waals surface area contributed by atoms with Crippen LogP contribution in [0.25, 0.3) is 0 Å². The predicted octanol–water partition coefficient (Wildman–Crippen LogP) is 1.86. The smallest absolute Gasteiger partial charge is 0.266 e. The van der Waals surface area contributed by atoms with E-state index in [0.717, 1.165) is 19.5 Å². The topological polar surface area (TPSA) is 41.8 Å². The molecule has 2 aliphatic rings. The Hall–Kier alpha value is -1.10. The van der Waals surface area contributed by atoms with E-state index in [1.807, 2.05) is 0 Å². The number of rotatable bonds is 2. The first-order valence-electron chi connectivity index (χ1n) is 7.16. The molecule has 0 radical (unpaired) electrons. The van der Waals surface area contributed by atoms with Gasteiger partial charge in [0.05, 0.1) is 34.3 Å². The molecule has 1 N–H and O–H groups in total. The van der Waals surface area contributed by atoms with Gasteiger partial charge in [0.25, 0.3) is 11.8 Å². The minimum Gasteiger partial charge on any atom is -0.317 e. The Morgan fingerprint density at radius 2 is 1.76 bits per heavy atom. The van der Waals surface area contributed by atoms with Crippen molar-refractivity contribution in [3.8, 4) is 0 Å². The van der Waals surface area contributed by atoms with Crippen LogP contribution in [0, 0.1) is 5.92 Å². The lowest BCUT2D eigenvalue weighted by atomic mass is 10.0. The molecule has 0 aliphatic carbocycles. The summed E-state index contributed by atoms with van der Waals surface area (Å²) < 4.78 is 0. The van der Waals surface area contributed by atoms with Crippen LogP contribution in [0.4, 0.5) is 0 Å². The van der Waals surface area contributed by atoms with Gasteiger partial charge in [0.1, 0.15) is 0 Å². The average Bonchev–Trinajstić information content (AvgIpc) is 2.65. The van der Waals surface area contributed by atoms with Crippen LogP contribution >= 0.6 is 23.2 Å². The lowest BCUT2D eigenvalue weighted by Crippen LogP contribution is -3.15. The van der Waals surface area contributed by atoms with Gasteiger partial charge in [-0.05, 0) is 25.0 Å². The van der Waals surface area contributed by atoms with Crippen molar-refractivity contribution in [2.45, 2.75) is 19.8 Å². The van der Waals surface area contributed by atoms with Gasteiger partial charge < -0.3 is 4.90 Å². The number of nitrogens with zero attached hydrogens (tertiary/aromatic N) is 1. The molecule has 3 rings (SSSR count). The predicted molar refractivity (Wildman–Crippen MR) is 80.9 cm³/mol. The number of carbonyl (C=O) groups excluding carboxylic acids is 2. The molecule has 112 valence electrons. The van der Waals surface area contributed by atoms with Gasteiger partial charge >= 0.3 is 0 Å². The standard InChI is InChI=1S/C15H16Cl2N2O2/c1-9-3-2-4-18(7-9)8-19-14(20)10-5-12(16)13(17)6-11(10)15(19)21/h5-6,9H,2-4,7-8H2,1H3/p+1/t9-/m1/s1. The lowest BCUT2D eigenvalue weighted by molar-refractivity contribution is -0.915. The van der Waals surface area contributed by atoms with Gasteiger partial charge in [0.15, 0.2) is 6.67 Å². The summed E-state index contributed by atoms with van der Waals surface area (Å²) in [5.41, 5.74) is 0.720. The Labute approximate surface area is 133 Å². The monoisotopic (exact) mass is 327 g/mol. The van der Waals surface area contributed by atoms with E-state index in [4.69, 9.17) is 23.2 Å². The molecule has 1 fully saturated rings. The van der Waals surface area contributed by atoms with Crippen molar-refractivity contribution < 1.29 is 14.5 Å². The van der Waals surface area contributed by atoms with E-state index >= 15 is 0 Å². The highest BCUT2D eigenvalue weighted by Crippen LogP contribution is 2.31. The van der Waals surface area contributed by atoms with Crippen molar-refractivity contribution in [3.63, 3.8) is 0 Å². The Kier molecular flexibility index (Phi) is 3.95. The van der Waals surface area contributed by atoms with Crippen molar-refractivity contribution in [2.75, 3.05) is 19.8 Å². The zero-order valence-electron chi connectivity index (χ0n) is 11.8. The Morgan fingerprint density at radius 1 is 1.19 bits per heavy atom. The Bertz CT molecular complexity index is 577. The minimum atomic E-state index is -0.265. The van der Waals surface area contributed by atoms with E-state index in [2.05, 4.69) is 6.92 Å². The van der Waals surface area contributed by atoms with Crippen LogP contribution in [0.5, 0.6) is 0 Å². The summed E-state index contributed by atoms with van der Waals surface area (Å²) in [4.78, 5) is 27.4. The summed E-state index contributed by atoms with van der Waals surface area (Å²) in [5, 5.41) is 0.606. The van der Waals surface area contributed by atoms with E-state index in [-0.39, 0.29) is 11.8 Å². The zero-order chi connectivity index (χ0) is 15.1. The fraction of sp³-hybridized carbons (Fsp3) is 0.467. The van der Waals surface area contributed by atoms with Gasteiger partial charge in [0.2, 0.25) is 0 Å². The zero-order valence-corrected chi connectivity index (χ0v) is 13.3. The molecular formula is C15H17Cl2N2O2+. The van der Waals surface area contributed by atoms with Gasteiger partial charge in [0, 0.05) is 5.92 Å². The number of fused-ring (bicyclic) bond motifs is 1. The molecule has 2 amide bonds. The molecule has 1 aromatic carbocycles. The van der Waals surface area contributed by atoms with E-state index in [1.165, 1.54) is 28.4 Å². The molecule has 6 heteroatoms. The Balaban J connectivity index is 1.83. The first-order chi connectivity index (χ1) is 9.97. The summed E-state index contributed by atoms with van der Waals surface area (Å²) in [7, 11) is 0. The number of quaternary nitrogens is 1. The number of benzene rings is 1. The highest BCUT2D eigenvalue weighted by atomic mass is 35.5. The van der Waals surface area contributed by atoms with Crippen molar-refractivity contribution in [3.05, 3.63) is 33.3 Å². The fourth-order valence-corrected chi connectivity index (χ4v) is 3.52. The maximum absolute atomic E-state index is 12.4. The SMILES string of the molecule is C[C@@H]1CCC[NH+](CN2C(=O)c3cc(Cl)c(Cl)cc3C2=O)C1. The lowest BCUT2D eigenvalue weighted by Gasteiger charge is -2.30. The summed E-state index contributed by atoms with van der Waals surface area (Å²) in [6.45, 7) is 4.63. The third kappa shape index (κ3) is 2.68. The third-order valence-electron chi connectivity index (χ3n) is 4.26. The fourth-order valence-electron chi connectivity index (χ4n) is 3.19. The maximum Gasteiger partial charge on any atom is 0.266 e. The molecule has 21 heavy (non-hydrogen) atoms. The molecule has 0 spiro atoms. The largest absolute Gasteiger partial charge is 0.317 e. The molecule has 1 unspecified atom stereocenters. The van der Waals surface area contributed by atoms with Crippen LogP contribution in [-0.4, -0.2) is 36.5 Å². The summed E-state index contributed by atoms with van der Waals surface area (Å²) in [5.74, 6) is 0.103. The molecule has 4 nitrogen and oxygen atoms in total. The second kappa shape index (κ2) is 5.59. The number of nitrogens with one attached hydrogen (secondary N) is 1. The normalized spacial score (nSPS) is 25.4. The van der Waals surface area contributed by atoms with Crippen molar-refractivity contribution >= 4 is 35.0 Å². The van der Waals surface area contributed by atoms with Crippen LogP contribution in [-0.2, 0) is 0 Å². The number of hydrogen-bond acceptors (Lipinski definition) is 2. The third-order valence-corrected chi connectivity index (χ3v) is 4.98. The van der Waals surface area contributed by atoms with Crippen LogP contribution in [0.2, 0.25) is 10.0 Å². The number of halogens is 2. The second-order valence-corrected chi connectivity index (χ2v) is 6.77. The number of imide groups is 1. The first kappa shape index (κ1) is 14.8. The Morgan fingerprint density at radius 3 is 2.29 bits per heavy atom. The minimum absolute atomic E-state index is 0.265. The molecule has 2 atom stereocenters. The molecule has 0 saturated carbocycles. The van der Waals surface area contributed by atoms with Gasteiger partial charge in [-0.1, -0.05) is 30.1 Å². The number of amides is 2. The summed E-state index contributed by atoms with van der Waals surface area (Å²) >= 11 is 11.9. The number of carbonyl (C=O) groups is 2. The maximum atomic E-state index is 12.4. The quantitative estimate of drug-likeness (QED) is 0.842. The van der Waals surface area contributed by atoms with E-state index in [1.54, 1.807) is 0 Å². The molecule has 1 aromatic rings. The van der Waals surface area contributed by atoms with E-state index < -0.39 is 0 Å². The first-order valence-corrected chi connectivity index (χ1v) is 7.91. The molecule has 0 bridgehead atoms. The molecule has 2 aliphatic heterocycles. The highest BCUT2D eigenvalue weighted by Gasteiger charge is 2.39. The number of piperidine rings is 1. The van der Waals surface area contributed by atoms with Crippen LogP contribution < -0.4 is 4.90 Å². The van der Waals surface area contributed by atoms with Gasteiger partial charge in [-0.25, -0.2) is 4.90 Å². The summed E-state index contributed by atoms with van der Waals surface area (Å²) in [6, 6.07) is 2.99. The molecule has 1 saturated heterocycles. The van der Waals surface area contributed by atoms with Crippen molar-refractivity contribution in [1.82, 2.24) is 4.90 Å².